The van der Waals surface area contributed by atoms with Gasteiger partial charge in [-0.15, -0.1) is 0 Å². The summed E-state index contributed by atoms with van der Waals surface area (Å²) in [6, 6.07) is 62.6. The van der Waals surface area contributed by atoms with Gasteiger partial charge in [0.15, 0.2) is 11.6 Å². The van der Waals surface area contributed by atoms with E-state index >= 15 is 0 Å². The van der Waals surface area contributed by atoms with Crippen LogP contribution in [-0.2, 0) is 0 Å². The van der Waals surface area contributed by atoms with E-state index in [-0.39, 0.29) is 0 Å². The summed E-state index contributed by atoms with van der Waals surface area (Å²) < 4.78 is 15.6. The molecular formula is C51H30N4O2. The molecule has 12 aromatic rings. The van der Waals surface area contributed by atoms with E-state index in [0.29, 0.717) is 17.6 Å². The van der Waals surface area contributed by atoms with E-state index in [1.165, 1.54) is 0 Å². The van der Waals surface area contributed by atoms with Gasteiger partial charge in [-0.25, -0.2) is 4.98 Å². The minimum atomic E-state index is 0.500. The molecule has 266 valence electrons. The molecule has 0 bridgehead atoms. The van der Waals surface area contributed by atoms with Crippen LogP contribution in [0.25, 0.3) is 117 Å². The third-order valence-corrected chi connectivity index (χ3v) is 11.1. The second kappa shape index (κ2) is 12.3. The maximum Gasteiger partial charge on any atom is 0.238 e. The van der Waals surface area contributed by atoms with Gasteiger partial charge in [0.05, 0.1) is 21.8 Å². The van der Waals surface area contributed by atoms with E-state index in [0.717, 1.165) is 99.1 Å². The van der Waals surface area contributed by atoms with Gasteiger partial charge in [0.2, 0.25) is 5.95 Å². The monoisotopic (exact) mass is 730 g/mol. The van der Waals surface area contributed by atoms with Gasteiger partial charge < -0.3 is 8.83 Å². The standard InChI is InChI=1S/C51H30N4O2/c1-3-11-31(12-4-1)33-19-23-35(24-20-33)49-52-50(36-25-21-34(22-26-36)32-13-5-2-6-14-32)54-51(53-49)55-41-29-27-39-37-15-7-9-17-43(37)56-47(39)45(41)46-42(55)30-28-40-38-16-8-10-18-44(38)57-48(40)46/h1-30H. The number of rotatable bonds is 5. The first-order valence-electron chi connectivity index (χ1n) is 19.0. The van der Waals surface area contributed by atoms with Crippen LogP contribution in [0.4, 0.5) is 0 Å². The molecule has 4 aromatic heterocycles. The van der Waals surface area contributed by atoms with E-state index < -0.39 is 0 Å². The number of fused-ring (bicyclic) bond motifs is 11. The maximum absolute atomic E-state index is 6.72. The van der Waals surface area contributed by atoms with Crippen LogP contribution in [0, 0.1) is 0 Å². The Morgan fingerprint density at radius 3 is 1.16 bits per heavy atom. The van der Waals surface area contributed by atoms with Gasteiger partial charge in [0.25, 0.3) is 0 Å². The molecule has 0 atom stereocenters. The van der Waals surface area contributed by atoms with Gasteiger partial charge >= 0.3 is 0 Å². The molecule has 0 radical (unpaired) electrons. The lowest BCUT2D eigenvalue weighted by Crippen LogP contribution is -2.06. The van der Waals surface area contributed by atoms with E-state index in [4.69, 9.17) is 23.8 Å². The third-order valence-electron chi connectivity index (χ3n) is 11.1. The molecular weight excluding hydrogens is 701 g/mol. The molecule has 4 heterocycles. The fraction of sp³-hybridized carbons (Fsp3) is 0. The second-order valence-corrected chi connectivity index (χ2v) is 14.4. The molecule has 6 nitrogen and oxygen atoms in total. The zero-order valence-corrected chi connectivity index (χ0v) is 30.4. The minimum absolute atomic E-state index is 0.500. The van der Waals surface area contributed by atoms with Crippen LogP contribution >= 0.6 is 0 Å². The summed E-state index contributed by atoms with van der Waals surface area (Å²) in [4.78, 5) is 15.7. The van der Waals surface area contributed by atoms with Crippen molar-refractivity contribution in [1.29, 1.82) is 0 Å². The summed E-state index contributed by atoms with van der Waals surface area (Å²) in [5.74, 6) is 1.65. The van der Waals surface area contributed by atoms with Gasteiger partial charge in [0, 0.05) is 32.7 Å². The van der Waals surface area contributed by atoms with Crippen molar-refractivity contribution in [3.63, 3.8) is 0 Å². The predicted molar refractivity (Wildman–Crippen MR) is 230 cm³/mol. The van der Waals surface area contributed by atoms with E-state index in [9.17, 15) is 0 Å². The lowest BCUT2D eigenvalue weighted by molar-refractivity contribution is 0.670. The van der Waals surface area contributed by atoms with Crippen LogP contribution in [0.15, 0.2) is 191 Å². The van der Waals surface area contributed by atoms with Gasteiger partial charge in [-0.2, -0.15) is 9.97 Å². The second-order valence-electron chi connectivity index (χ2n) is 14.4. The fourth-order valence-corrected chi connectivity index (χ4v) is 8.37. The molecule has 0 aliphatic carbocycles. The average Bonchev–Trinajstić information content (AvgIpc) is 3.96. The first kappa shape index (κ1) is 31.5. The summed E-state index contributed by atoms with van der Waals surface area (Å²) in [5, 5.41) is 6.11. The molecule has 0 aliphatic heterocycles. The number of hydrogen-bond acceptors (Lipinski definition) is 5. The van der Waals surface area contributed by atoms with Crippen molar-refractivity contribution < 1.29 is 8.83 Å². The van der Waals surface area contributed by atoms with Crippen LogP contribution in [0.2, 0.25) is 0 Å². The van der Waals surface area contributed by atoms with E-state index in [2.05, 4.69) is 150 Å². The zero-order chi connectivity index (χ0) is 37.5. The largest absolute Gasteiger partial charge is 0.455 e. The third kappa shape index (κ3) is 4.94. The van der Waals surface area contributed by atoms with Gasteiger partial charge in [-0.3, -0.25) is 4.57 Å². The number of furan rings is 2. The Kier molecular flexibility index (Phi) is 6.83. The summed E-state index contributed by atoms with van der Waals surface area (Å²) in [7, 11) is 0. The fourth-order valence-electron chi connectivity index (χ4n) is 8.37. The Morgan fingerprint density at radius 2 is 0.702 bits per heavy atom. The van der Waals surface area contributed by atoms with Crippen LogP contribution in [-0.4, -0.2) is 19.5 Å². The smallest absolute Gasteiger partial charge is 0.238 e. The van der Waals surface area contributed by atoms with Crippen LogP contribution in [0.5, 0.6) is 0 Å². The van der Waals surface area contributed by atoms with Gasteiger partial charge in [-0.05, 0) is 58.7 Å². The first-order valence-corrected chi connectivity index (χ1v) is 19.0. The van der Waals surface area contributed by atoms with Gasteiger partial charge in [0.1, 0.15) is 22.3 Å². The molecule has 0 saturated carbocycles. The Morgan fingerprint density at radius 1 is 0.316 bits per heavy atom. The summed E-state index contributed by atoms with van der Waals surface area (Å²) in [5.41, 5.74) is 11.4. The maximum atomic E-state index is 6.72. The molecule has 0 N–H and O–H groups in total. The van der Waals surface area contributed by atoms with Crippen molar-refractivity contribution >= 4 is 65.7 Å². The Balaban J connectivity index is 1.14. The molecule has 0 amide bonds. The Labute approximate surface area is 325 Å². The highest BCUT2D eigenvalue weighted by molar-refractivity contribution is 6.30. The number of nitrogens with zero attached hydrogens (tertiary/aromatic N) is 4. The molecule has 12 rings (SSSR count). The van der Waals surface area contributed by atoms with Crippen molar-refractivity contribution in [3.8, 4) is 51.0 Å². The lowest BCUT2D eigenvalue weighted by Gasteiger charge is -2.12. The minimum Gasteiger partial charge on any atom is -0.455 e. The highest BCUT2D eigenvalue weighted by atomic mass is 16.3. The van der Waals surface area contributed by atoms with E-state index in [1.807, 2.05) is 36.4 Å². The quantitative estimate of drug-likeness (QED) is 0.176. The number of para-hydroxylation sites is 2. The number of hydrogen-bond donors (Lipinski definition) is 0. The predicted octanol–water partition coefficient (Wildman–Crippen LogP) is 13.4. The van der Waals surface area contributed by atoms with Crippen LogP contribution < -0.4 is 0 Å². The molecule has 6 heteroatoms. The summed E-state index contributed by atoms with van der Waals surface area (Å²) in [6.45, 7) is 0. The highest BCUT2D eigenvalue weighted by Crippen LogP contribution is 2.45. The Hall–Kier alpha value is -7.83. The van der Waals surface area contributed by atoms with Crippen LogP contribution in [0.1, 0.15) is 0 Å². The first-order chi connectivity index (χ1) is 28.2. The van der Waals surface area contributed by atoms with Crippen molar-refractivity contribution in [3.05, 3.63) is 182 Å². The van der Waals surface area contributed by atoms with Gasteiger partial charge in [-0.1, -0.05) is 146 Å². The number of benzene rings is 8. The Bertz CT molecular complexity index is 3260. The van der Waals surface area contributed by atoms with Crippen molar-refractivity contribution in [1.82, 2.24) is 19.5 Å². The number of aromatic nitrogens is 4. The SMILES string of the molecule is c1ccc(-c2ccc(-c3nc(-c4ccc(-c5ccccc5)cc4)nc(-n4c5ccc6c7ccccc7oc6c5c5c6oc7ccccc7c6ccc54)n3)cc2)cc1. The lowest BCUT2D eigenvalue weighted by atomic mass is 10.0. The zero-order valence-electron chi connectivity index (χ0n) is 30.4. The van der Waals surface area contributed by atoms with Crippen molar-refractivity contribution in [2.75, 3.05) is 0 Å². The summed E-state index contributed by atoms with van der Waals surface area (Å²) in [6.07, 6.45) is 0. The highest BCUT2D eigenvalue weighted by Gasteiger charge is 2.25. The normalized spacial score (nSPS) is 11.9. The molecule has 0 fully saturated rings. The molecule has 8 aromatic carbocycles. The average molecular weight is 731 g/mol. The molecule has 0 saturated heterocycles. The molecule has 0 unspecified atom stereocenters. The molecule has 0 aliphatic rings. The summed E-state index contributed by atoms with van der Waals surface area (Å²) >= 11 is 0. The topological polar surface area (TPSA) is 69.9 Å². The van der Waals surface area contributed by atoms with Crippen molar-refractivity contribution in [2.24, 2.45) is 0 Å². The molecule has 57 heavy (non-hydrogen) atoms. The van der Waals surface area contributed by atoms with E-state index in [1.54, 1.807) is 0 Å². The van der Waals surface area contributed by atoms with Crippen molar-refractivity contribution in [2.45, 2.75) is 0 Å². The van der Waals surface area contributed by atoms with Crippen LogP contribution in [0.3, 0.4) is 0 Å². The molecule has 0 spiro atoms.